The number of nitrogens with zero attached hydrogens (tertiary/aromatic N) is 4. The van der Waals surface area contributed by atoms with Crippen LogP contribution in [0.5, 0.6) is 0 Å². The van der Waals surface area contributed by atoms with Crippen LogP contribution in [0.3, 0.4) is 0 Å². The van der Waals surface area contributed by atoms with Gasteiger partial charge in [0.05, 0.1) is 33.5 Å². The lowest BCUT2D eigenvalue weighted by Crippen LogP contribution is -2.25. The molecule has 4 heterocycles. The quantitative estimate of drug-likeness (QED) is 0.203. The Bertz CT molecular complexity index is 2770. The molecular formula is C45H31N5. The van der Waals surface area contributed by atoms with E-state index in [1.54, 1.807) is 0 Å². The van der Waals surface area contributed by atoms with E-state index in [-0.39, 0.29) is 6.17 Å². The number of allylic oxidation sites excluding steroid dienone is 1. The lowest BCUT2D eigenvalue weighted by molar-refractivity contribution is 0.641. The predicted molar refractivity (Wildman–Crippen MR) is 206 cm³/mol. The number of hydrogen-bond acceptors (Lipinski definition) is 3. The Labute approximate surface area is 289 Å². The van der Waals surface area contributed by atoms with E-state index in [0.29, 0.717) is 0 Å². The number of para-hydroxylation sites is 3. The van der Waals surface area contributed by atoms with Gasteiger partial charge in [0.2, 0.25) is 0 Å². The zero-order chi connectivity index (χ0) is 33.0. The summed E-state index contributed by atoms with van der Waals surface area (Å²) in [5, 5.41) is 8.52. The number of nitrogens with one attached hydrogen (secondary N) is 1. The summed E-state index contributed by atoms with van der Waals surface area (Å²) in [6.07, 6.45) is 1.76. The maximum absolute atomic E-state index is 5.42. The molecule has 1 atom stereocenters. The zero-order valence-corrected chi connectivity index (χ0v) is 27.1. The van der Waals surface area contributed by atoms with Crippen LogP contribution in [0.25, 0.3) is 60.8 Å². The van der Waals surface area contributed by atoms with Crippen LogP contribution in [0.4, 0.5) is 0 Å². The number of aromatic nitrogens is 3. The van der Waals surface area contributed by atoms with E-state index in [1.807, 2.05) is 12.1 Å². The van der Waals surface area contributed by atoms with E-state index in [4.69, 9.17) is 9.98 Å². The van der Waals surface area contributed by atoms with Crippen LogP contribution in [0.15, 0.2) is 181 Å². The number of hydrogen-bond donors (Lipinski definition) is 1. The van der Waals surface area contributed by atoms with E-state index >= 15 is 0 Å². The Morgan fingerprint density at radius 1 is 0.460 bits per heavy atom. The summed E-state index contributed by atoms with van der Waals surface area (Å²) in [7, 11) is 0. The average molecular weight is 642 g/mol. The van der Waals surface area contributed by atoms with Gasteiger partial charge in [-0.25, -0.2) is 4.98 Å². The number of rotatable bonds is 5. The molecule has 5 nitrogen and oxygen atoms in total. The highest BCUT2D eigenvalue weighted by atomic mass is 15.1. The molecular weight excluding hydrogens is 611 g/mol. The monoisotopic (exact) mass is 641 g/mol. The maximum atomic E-state index is 5.42. The minimum atomic E-state index is -0.380. The van der Waals surface area contributed by atoms with Crippen molar-refractivity contribution in [2.45, 2.75) is 6.17 Å². The van der Waals surface area contributed by atoms with Gasteiger partial charge in [-0.05, 0) is 53.6 Å². The van der Waals surface area contributed by atoms with Gasteiger partial charge in [0.15, 0.2) is 6.17 Å². The maximum Gasteiger partial charge on any atom is 0.162 e. The van der Waals surface area contributed by atoms with Crippen molar-refractivity contribution in [3.63, 3.8) is 0 Å². The van der Waals surface area contributed by atoms with Crippen molar-refractivity contribution in [1.82, 2.24) is 19.4 Å². The molecule has 1 aliphatic heterocycles. The highest BCUT2D eigenvalue weighted by Gasteiger charge is 2.24. The Morgan fingerprint density at radius 3 is 1.70 bits per heavy atom. The normalized spacial score (nSPS) is 14.6. The third-order valence-electron chi connectivity index (χ3n) is 9.74. The number of pyridine rings is 1. The third kappa shape index (κ3) is 4.48. The first-order valence-corrected chi connectivity index (χ1v) is 17.0. The van der Waals surface area contributed by atoms with Crippen LogP contribution < -0.4 is 5.32 Å². The molecule has 1 unspecified atom stereocenters. The minimum absolute atomic E-state index is 0.380. The van der Waals surface area contributed by atoms with E-state index in [0.717, 1.165) is 56.3 Å². The van der Waals surface area contributed by atoms with Crippen molar-refractivity contribution in [3.05, 3.63) is 193 Å². The molecule has 0 radical (unpaired) electrons. The van der Waals surface area contributed by atoms with Crippen molar-refractivity contribution in [2.24, 2.45) is 4.99 Å². The van der Waals surface area contributed by atoms with Crippen LogP contribution in [-0.2, 0) is 0 Å². The predicted octanol–water partition coefficient (Wildman–Crippen LogP) is 10.4. The Kier molecular flexibility index (Phi) is 6.49. The van der Waals surface area contributed by atoms with Gasteiger partial charge in [-0.1, -0.05) is 133 Å². The summed E-state index contributed by atoms with van der Waals surface area (Å²) in [4.78, 5) is 10.6. The molecule has 6 aromatic carbocycles. The molecule has 0 saturated carbocycles. The lowest BCUT2D eigenvalue weighted by Gasteiger charge is -2.24. The molecule has 0 aliphatic carbocycles. The second-order valence-corrected chi connectivity index (χ2v) is 12.7. The molecule has 10 rings (SSSR count). The van der Waals surface area contributed by atoms with E-state index < -0.39 is 0 Å². The van der Waals surface area contributed by atoms with Crippen molar-refractivity contribution in [2.75, 3.05) is 0 Å². The largest absolute Gasteiger partial charge is 0.358 e. The summed E-state index contributed by atoms with van der Waals surface area (Å²) >= 11 is 0. The lowest BCUT2D eigenvalue weighted by atomic mass is 10.0. The van der Waals surface area contributed by atoms with Gasteiger partial charge in [0, 0.05) is 32.9 Å². The Hall–Kier alpha value is -6.72. The van der Waals surface area contributed by atoms with E-state index in [9.17, 15) is 0 Å². The molecule has 9 aromatic rings. The summed E-state index contributed by atoms with van der Waals surface area (Å²) in [5.74, 6) is 0.847. The molecule has 5 heteroatoms. The molecule has 0 bridgehead atoms. The number of aliphatic imine (C=N–C) groups is 1. The first-order valence-electron chi connectivity index (χ1n) is 17.0. The van der Waals surface area contributed by atoms with Gasteiger partial charge >= 0.3 is 0 Å². The second kappa shape index (κ2) is 11.5. The minimum Gasteiger partial charge on any atom is -0.358 e. The Morgan fingerprint density at radius 2 is 1.02 bits per heavy atom. The standard InChI is InChI=1S/C45H31N5/c1-4-15-30(16-5-1)38-29-39(31-17-6-2-7-18-31)48-45(47-38)37-23-14-26-42(46-37)50-41-25-13-11-22-34(41)36-28-27-35-33-21-10-12-24-40(33)49(43(35)44(36)50)32-19-8-3-9-20-32/h1-29,45,47H. The fourth-order valence-electron chi connectivity index (χ4n) is 7.53. The fraction of sp³-hybridized carbons (Fsp3) is 0.0222. The van der Waals surface area contributed by atoms with Gasteiger partial charge in [0.25, 0.3) is 0 Å². The molecule has 0 fully saturated rings. The number of benzene rings is 6. The van der Waals surface area contributed by atoms with Crippen molar-refractivity contribution in [1.29, 1.82) is 0 Å². The van der Waals surface area contributed by atoms with Crippen molar-refractivity contribution in [3.8, 4) is 11.5 Å². The van der Waals surface area contributed by atoms with Crippen LogP contribution in [0, 0.1) is 0 Å². The highest BCUT2D eigenvalue weighted by Crippen LogP contribution is 2.41. The summed E-state index contributed by atoms with van der Waals surface area (Å²) in [6.45, 7) is 0. The topological polar surface area (TPSA) is 47.1 Å². The van der Waals surface area contributed by atoms with Gasteiger partial charge in [-0.2, -0.15) is 0 Å². The first kappa shape index (κ1) is 28.3. The molecule has 236 valence electrons. The molecule has 50 heavy (non-hydrogen) atoms. The van der Waals surface area contributed by atoms with Crippen LogP contribution >= 0.6 is 0 Å². The SMILES string of the molecule is C1=C(c2ccccc2)NC(c2cccc(-n3c4ccccc4c4ccc5c6ccccc6n(-c6ccccc6)c5c43)n2)N=C1c1ccccc1. The van der Waals surface area contributed by atoms with Crippen LogP contribution in [0.1, 0.15) is 23.0 Å². The molecule has 0 saturated heterocycles. The molecule has 0 amide bonds. The van der Waals surface area contributed by atoms with Crippen LogP contribution in [0.2, 0.25) is 0 Å². The van der Waals surface area contributed by atoms with Gasteiger partial charge < -0.3 is 9.88 Å². The third-order valence-corrected chi connectivity index (χ3v) is 9.74. The zero-order valence-electron chi connectivity index (χ0n) is 27.1. The fourth-order valence-corrected chi connectivity index (χ4v) is 7.53. The highest BCUT2D eigenvalue weighted by molar-refractivity contribution is 6.23. The average Bonchev–Trinajstić information content (AvgIpc) is 3.72. The first-order chi connectivity index (χ1) is 24.8. The van der Waals surface area contributed by atoms with Crippen LogP contribution in [-0.4, -0.2) is 19.8 Å². The summed E-state index contributed by atoms with van der Waals surface area (Å²) in [6, 6.07) is 59.7. The van der Waals surface area contributed by atoms with Gasteiger partial charge in [-0.15, -0.1) is 0 Å². The Balaban J connectivity index is 1.22. The second-order valence-electron chi connectivity index (χ2n) is 12.7. The summed E-state index contributed by atoms with van der Waals surface area (Å²) < 4.78 is 4.75. The van der Waals surface area contributed by atoms with Gasteiger partial charge in [-0.3, -0.25) is 9.56 Å². The molecule has 1 N–H and O–H groups in total. The van der Waals surface area contributed by atoms with Gasteiger partial charge in [0.1, 0.15) is 5.82 Å². The van der Waals surface area contributed by atoms with Crippen molar-refractivity contribution < 1.29 is 0 Å². The van der Waals surface area contributed by atoms with E-state index in [1.165, 1.54) is 27.1 Å². The van der Waals surface area contributed by atoms with Crippen molar-refractivity contribution >= 4 is 55.0 Å². The molecule has 1 aliphatic rings. The number of fused-ring (bicyclic) bond motifs is 7. The molecule has 0 spiro atoms. The molecule has 3 aromatic heterocycles. The van der Waals surface area contributed by atoms with E-state index in [2.05, 4.69) is 178 Å². The summed E-state index contributed by atoms with van der Waals surface area (Å²) in [5.41, 5.74) is 10.7. The smallest absolute Gasteiger partial charge is 0.162 e.